The van der Waals surface area contributed by atoms with E-state index in [9.17, 15) is 13.2 Å². The first-order chi connectivity index (χ1) is 8.57. The molecule has 4 heteroatoms. The molecule has 2 rings (SSSR count). The molecule has 0 amide bonds. The fourth-order valence-electron chi connectivity index (χ4n) is 2.50. The van der Waals surface area contributed by atoms with Crippen molar-refractivity contribution in [2.24, 2.45) is 0 Å². The minimum Gasteiger partial charge on any atom is -0.382 e. The standard InChI is InChI=1S/C14H18F3N/c15-14(16,17)12-9-5-6-10-13(12)18-11-7-3-1-2-4-8-11/h5-6,9-11,18H,1-4,7-8H2. The molecule has 0 radical (unpaired) electrons. The number of halogens is 3. The van der Waals surface area contributed by atoms with Crippen LogP contribution in [-0.4, -0.2) is 6.04 Å². The normalized spacial score (nSPS) is 18.4. The van der Waals surface area contributed by atoms with Gasteiger partial charge in [-0.25, -0.2) is 0 Å². The Morgan fingerprint density at radius 1 is 0.944 bits per heavy atom. The molecular formula is C14H18F3N. The number of hydrogen-bond acceptors (Lipinski definition) is 1. The Kier molecular flexibility index (Phi) is 4.15. The van der Waals surface area contributed by atoms with Crippen molar-refractivity contribution in [3.8, 4) is 0 Å². The van der Waals surface area contributed by atoms with Gasteiger partial charge in [0.15, 0.2) is 0 Å². The minimum absolute atomic E-state index is 0.177. The second kappa shape index (κ2) is 5.63. The Labute approximate surface area is 105 Å². The van der Waals surface area contributed by atoms with Gasteiger partial charge in [0.05, 0.1) is 5.56 Å². The molecule has 0 saturated heterocycles. The zero-order valence-corrected chi connectivity index (χ0v) is 10.3. The van der Waals surface area contributed by atoms with Crippen LogP contribution in [0.4, 0.5) is 18.9 Å². The molecule has 0 aromatic heterocycles. The van der Waals surface area contributed by atoms with Gasteiger partial charge >= 0.3 is 6.18 Å². The van der Waals surface area contributed by atoms with Crippen molar-refractivity contribution in [1.82, 2.24) is 0 Å². The summed E-state index contributed by atoms with van der Waals surface area (Å²) >= 11 is 0. The first-order valence-corrected chi connectivity index (χ1v) is 6.50. The van der Waals surface area contributed by atoms with E-state index in [0.717, 1.165) is 31.7 Å². The van der Waals surface area contributed by atoms with E-state index in [2.05, 4.69) is 5.32 Å². The average molecular weight is 257 g/mol. The topological polar surface area (TPSA) is 12.0 Å². The molecule has 18 heavy (non-hydrogen) atoms. The largest absolute Gasteiger partial charge is 0.418 e. The Balaban J connectivity index is 2.13. The van der Waals surface area contributed by atoms with Crippen molar-refractivity contribution in [3.63, 3.8) is 0 Å². The summed E-state index contributed by atoms with van der Waals surface area (Å²) in [5, 5.41) is 3.08. The van der Waals surface area contributed by atoms with Gasteiger partial charge in [0.25, 0.3) is 0 Å². The third kappa shape index (κ3) is 3.40. The van der Waals surface area contributed by atoms with Gasteiger partial charge in [0.1, 0.15) is 0 Å². The fourth-order valence-corrected chi connectivity index (χ4v) is 2.50. The third-order valence-corrected chi connectivity index (χ3v) is 3.45. The molecule has 1 fully saturated rings. The maximum Gasteiger partial charge on any atom is 0.418 e. The average Bonchev–Trinajstić information content (AvgIpc) is 2.57. The highest BCUT2D eigenvalue weighted by molar-refractivity contribution is 5.53. The molecule has 1 aromatic carbocycles. The zero-order valence-electron chi connectivity index (χ0n) is 10.3. The van der Waals surface area contributed by atoms with E-state index >= 15 is 0 Å². The molecule has 1 saturated carbocycles. The molecule has 0 unspecified atom stereocenters. The lowest BCUT2D eigenvalue weighted by Crippen LogP contribution is -2.21. The van der Waals surface area contributed by atoms with Crippen LogP contribution in [0.25, 0.3) is 0 Å². The summed E-state index contributed by atoms with van der Waals surface area (Å²) in [7, 11) is 0. The van der Waals surface area contributed by atoms with Gasteiger partial charge in [-0.15, -0.1) is 0 Å². The SMILES string of the molecule is FC(F)(F)c1ccccc1NC1CCCCCC1. The maximum absolute atomic E-state index is 12.8. The third-order valence-electron chi connectivity index (χ3n) is 3.45. The monoisotopic (exact) mass is 257 g/mol. The van der Waals surface area contributed by atoms with Gasteiger partial charge in [-0.05, 0) is 25.0 Å². The molecule has 0 atom stereocenters. The zero-order chi connectivity index (χ0) is 13.0. The molecule has 0 heterocycles. The van der Waals surface area contributed by atoms with Gasteiger partial charge < -0.3 is 5.32 Å². The molecule has 0 bridgehead atoms. The van der Waals surface area contributed by atoms with Gasteiger partial charge in [-0.2, -0.15) is 13.2 Å². The summed E-state index contributed by atoms with van der Waals surface area (Å²) in [6.07, 6.45) is 2.24. The van der Waals surface area contributed by atoms with Gasteiger partial charge in [0.2, 0.25) is 0 Å². The number of anilines is 1. The predicted molar refractivity (Wildman–Crippen MR) is 66.6 cm³/mol. The van der Waals surface area contributed by atoms with Crippen molar-refractivity contribution in [3.05, 3.63) is 29.8 Å². The second-order valence-corrected chi connectivity index (χ2v) is 4.88. The highest BCUT2D eigenvalue weighted by Crippen LogP contribution is 2.35. The Bertz CT molecular complexity index is 379. The summed E-state index contributed by atoms with van der Waals surface area (Å²) in [5.41, 5.74) is -0.342. The van der Waals surface area contributed by atoms with Gasteiger partial charge in [0, 0.05) is 11.7 Å². The summed E-state index contributed by atoms with van der Waals surface area (Å²) < 4.78 is 38.5. The van der Waals surface area contributed by atoms with Gasteiger partial charge in [-0.1, -0.05) is 37.8 Å². The lowest BCUT2D eigenvalue weighted by atomic mass is 10.1. The summed E-state index contributed by atoms with van der Waals surface area (Å²) in [6.45, 7) is 0. The predicted octanol–water partition coefficient (Wildman–Crippen LogP) is 4.84. The number of rotatable bonds is 2. The van der Waals surface area contributed by atoms with E-state index in [1.165, 1.54) is 25.0 Å². The molecule has 1 nitrogen and oxygen atoms in total. The summed E-state index contributed by atoms with van der Waals surface area (Å²) in [5.74, 6) is 0. The number of para-hydroxylation sites is 1. The Morgan fingerprint density at radius 3 is 2.17 bits per heavy atom. The van der Waals surface area contributed by atoms with Crippen LogP contribution < -0.4 is 5.32 Å². The number of nitrogens with one attached hydrogen (secondary N) is 1. The Hall–Kier alpha value is -1.19. The lowest BCUT2D eigenvalue weighted by molar-refractivity contribution is -0.137. The van der Waals surface area contributed by atoms with Crippen molar-refractivity contribution in [2.45, 2.75) is 50.7 Å². The molecule has 1 aliphatic carbocycles. The highest BCUT2D eigenvalue weighted by atomic mass is 19.4. The summed E-state index contributed by atoms with van der Waals surface area (Å²) in [6, 6.07) is 5.92. The van der Waals surface area contributed by atoms with Crippen LogP contribution in [0.5, 0.6) is 0 Å². The maximum atomic E-state index is 12.8. The van der Waals surface area contributed by atoms with E-state index < -0.39 is 11.7 Å². The van der Waals surface area contributed by atoms with E-state index in [1.807, 2.05) is 0 Å². The minimum atomic E-state index is -4.28. The molecule has 1 aliphatic rings. The first-order valence-electron chi connectivity index (χ1n) is 6.50. The van der Waals surface area contributed by atoms with Crippen LogP contribution in [0.1, 0.15) is 44.1 Å². The Morgan fingerprint density at radius 2 is 1.56 bits per heavy atom. The number of hydrogen-bond donors (Lipinski definition) is 1. The molecule has 0 spiro atoms. The van der Waals surface area contributed by atoms with E-state index in [-0.39, 0.29) is 11.7 Å². The van der Waals surface area contributed by atoms with Crippen LogP contribution in [-0.2, 0) is 6.18 Å². The summed E-state index contributed by atoms with van der Waals surface area (Å²) in [4.78, 5) is 0. The fraction of sp³-hybridized carbons (Fsp3) is 0.571. The number of benzene rings is 1. The quantitative estimate of drug-likeness (QED) is 0.747. The smallest absolute Gasteiger partial charge is 0.382 e. The molecule has 1 N–H and O–H groups in total. The molecule has 1 aromatic rings. The van der Waals surface area contributed by atoms with E-state index in [4.69, 9.17) is 0 Å². The van der Waals surface area contributed by atoms with Gasteiger partial charge in [-0.3, -0.25) is 0 Å². The molecule has 0 aliphatic heterocycles. The first kappa shape index (κ1) is 13.2. The van der Waals surface area contributed by atoms with Crippen molar-refractivity contribution in [1.29, 1.82) is 0 Å². The van der Waals surface area contributed by atoms with Crippen LogP contribution in [0.2, 0.25) is 0 Å². The van der Waals surface area contributed by atoms with Crippen LogP contribution in [0.15, 0.2) is 24.3 Å². The van der Waals surface area contributed by atoms with Crippen LogP contribution in [0, 0.1) is 0 Å². The number of alkyl halides is 3. The van der Waals surface area contributed by atoms with Crippen LogP contribution in [0.3, 0.4) is 0 Å². The van der Waals surface area contributed by atoms with E-state index in [1.54, 1.807) is 6.07 Å². The lowest BCUT2D eigenvalue weighted by Gasteiger charge is -2.21. The van der Waals surface area contributed by atoms with E-state index in [0.29, 0.717) is 0 Å². The molecule has 100 valence electrons. The highest BCUT2D eigenvalue weighted by Gasteiger charge is 2.33. The second-order valence-electron chi connectivity index (χ2n) is 4.88. The van der Waals surface area contributed by atoms with Crippen LogP contribution >= 0.6 is 0 Å². The van der Waals surface area contributed by atoms with Crippen molar-refractivity contribution in [2.75, 3.05) is 5.32 Å². The molecular weight excluding hydrogens is 239 g/mol. The van der Waals surface area contributed by atoms with Crippen molar-refractivity contribution < 1.29 is 13.2 Å². The van der Waals surface area contributed by atoms with Crippen molar-refractivity contribution >= 4 is 5.69 Å².